The van der Waals surface area contributed by atoms with Crippen molar-refractivity contribution in [2.45, 2.75) is 39.2 Å². The van der Waals surface area contributed by atoms with Crippen LogP contribution in [0.15, 0.2) is 47.1 Å². The molecule has 24 heavy (non-hydrogen) atoms. The van der Waals surface area contributed by atoms with Crippen LogP contribution in [0.3, 0.4) is 0 Å². The van der Waals surface area contributed by atoms with Crippen molar-refractivity contribution >= 4 is 11.8 Å². The van der Waals surface area contributed by atoms with E-state index in [9.17, 15) is 9.59 Å². The molecule has 0 bridgehead atoms. The fraction of sp³-hybridized carbons (Fsp3) is 0.368. The molecule has 0 aliphatic heterocycles. The van der Waals surface area contributed by atoms with E-state index in [1.165, 1.54) is 11.8 Å². The van der Waals surface area contributed by atoms with E-state index < -0.39 is 11.9 Å². The number of nitrogens with one attached hydrogen (secondary N) is 2. The van der Waals surface area contributed by atoms with E-state index >= 15 is 0 Å². The number of carbonyl (C=O) groups excluding carboxylic acids is 2. The SMILES string of the molecule is Cc1cccc(C(C)(C)CNC(=O)[C@H](C)NC(=O)c2ccco2)c1. The second-order valence-corrected chi connectivity index (χ2v) is 6.64. The minimum atomic E-state index is -0.643. The van der Waals surface area contributed by atoms with Crippen molar-refractivity contribution in [2.75, 3.05) is 6.54 Å². The Bertz CT molecular complexity index is 705. The van der Waals surface area contributed by atoms with Crippen LogP contribution in [0.4, 0.5) is 0 Å². The summed E-state index contributed by atoms with van der Waals surface area (Å²) >= 11 is 0. The Balaban J connectivity index is 1.90. The maximum absolute atomic E-state index is 12.2. The Morgan fingerprint density at radius 1 is 1.21 bits per heavy atom. The molecular weight excluding hydrogens is 304 g/mol. The van der Waals surface area contributed by atoms with Crippen LogP contribution in [0.5, 0.6) is 0 Å². The van der Waals surface area contributed by atoms with Crippen LogP contribution in [0, 0.1) is 6.92 Å². The maximum Gasteiger partial charge on any atom is 0.287 e. The lowest BCUT2D eigenvalue weighted by atomic mass is 9.84. The molecule has 128 valence electrons. The van der Waals surface area contributed by atoms with Crippen LogP contribution in [-0.2, 0) is 10.2 Å². The highest BCUT2D eigenvalue weighted by Crippen LogP contribution is 2.23. The predicted octanol–water partition coefficient (Wildman–Crippen LogP) is 2.80. The molecular formula is C19H24N2O3. The third-order valence-electron chi connectivity index (χ3n) is 3.99. The largest absolute Gasteiger partial charge is 0.459 e. The van der Waals surface area contributed by atoms with E-state index in [-0.39, 0.29) is 17.1 Å². The van der Waals surface area contributed by atoms with Gasteiger partial charge in [0.15, 0.2) is 5.76 Å². The molecule has 5 heteroatoms. The summed E-state index contributed by atoms with van der Waals surface area (Å²) < 4.78 is 5.02. The average Bonchev–Trinajstić information content (AvgIpc) is 3.07. The molecule has 0 saturated heterocycles. The molecule has 1 aromatic carbocycles. The van der Waals surface area contributed by atoms with Crippen molar-refractivity contribution in [3.63, 3.8) is 0 Å². The van der Waals surface area contributed by atoms with E-state index in [2.05, 4.69) is 36.6 Å². The Kier molecular flexibility index (Phi) is 5.44. The Morgan fingerprint density at radius 2 is 1.96 bits per heavy atom. The number of furan rings is 1. The van der Waals surface area contributed by atoms with Gasteiger partial charge in [0.2, 0.25) is 5.91 Å². The summed E-state index contributed by atoms with van der Waals surface area (Å²) in [5, 5.41) is 5.53. The van der Waals surface area contributed by atoms with Gasteiger partial charge in [-0.1, -0.05) is 43.7 Å². The number of amides is 2. The fourth-order valence-electron chi connectivity index (χ4n) is 2.37. The first-order valence-electron chi connectivity index (χ1n) is 7.99. The topological polar surface area (TPSA) is 71.3 Å². The zero-order valence-corrected chi connectivity index (χ0v) is 14.6. The zero-order chi connectivity index (χ0) is 17.7. The average molecular weight is 328 g/mol. The van der Waals surface area contributed by atoms with Crippen LogP contribution in [0.2, 0.25) is 0 Å². The van der Waals surface area contributed by atoms with Gasteiger partial charge in [-0.2, -0.15) is 0 Å². The lowest BCUT2D eigenvalue weighted by Gasteiger charge is -2.27. The molecule has 1 aromatic heterocycles. The second-order valence-electron chi connectivity index (χ2n) is 6.64. The first kappa shape index (κ1) is 17.8. The van der Waals surface area contributed by atoms with Crippen LogP contribution in [0.1, 0.15) is 42.5 Å². The zero-order valence-electron chi connectivity index (χ0n) is 14.6. The quantitative estimate of drug-likeness (QED) is 0.856. The lowest BCUT2D eigenvalue weighted by Crippen LogP contribution is -2.47. The Hall–Kier alpha value is -2.56. The summed E-state index contributed by atoms with van der Waals surface area (Å²) in [4.78, 5) is 24.1. The summed E-state index contributed by atoms with van der Waals surface area (Å²) in [6.07, 6.45) is 1.42. The van der Waals surface area contributed by atoms with Crippen LogP contribution < -0.4 is 10.6 Å². The minimum absolute atomic E-state index is 0.190. The highest BCUT2D eigenvalue weighted by Gasteiger charge is 2.24. The summed E-state index contributed by atoms with van der Waals surface area (Å²) in [6, 6.07) is 10.8. The van der Waals surface area contributed by atoms with Crippen molar-refractivity contribution < 1.29 is 14.0 Å². The molecule has 0 aliphatic carbocycles. The fourth-order valence-corrected chi connectivity index (χ4v) is 2.37. The molecule has 2 aromatic rings. The van der Waals surface area contributed by atoms with E-state index in [0.717, 1.165) is 5.56 Å². The number of aryl methyl sites for hydroxylation is 1. The number of rotatable bonds is 6. The van der Waals surface area contributed by atoms with Gasteiger partial charge in [-0.05, 0) is 31.5 Å². The third-order valence-corrected chi connectivity index (χ3v) is 3.99. The number of hydrogen-bond acceptors (Lipinski definition) is 3. The molecule has 0 saturated carbocycles. The predicted molar refractivity (Wildman–Crippen MR) is 92.9 cm³/mol. The van der Waals surface area contributed by atoms with Gasteiger partial charge in [0.05, 0.1) is 6.26 Å². The minimum Gasteiger partial charge on any atom is -0.459 e. The molecule has 0 spiro atoms. The number of benzene rings is 1. The maximum atomic E-state index is 12.2. The molecule has 1 atom stereocenters. The number of hydrogen-bond donors (Lipinski definition) is 2. The van der Waals surface area contributed by atoms with E-state index in [1.807, 2.05) is 19.1 Å². The van der Waals surface area contributed by atoms with Gasteiger partial charge < -0.3 is 15.1 Å². The normalized spacial score (nSPS) is 12.5. The molecule has 0 unspecified atom stereocenters. The Morgan fingerprint density at radius 3 is 2.58 bits per heavy atom. The van der Waals surface area contributed by atoms with Crippen molar-refractivity contribution in [1.82, 2.24) is 10.6 Å². The van der Waals surface area contributed by atoms with Gasteiger partial charge in [-0.3, -0.25) is 9.59 Å². The van der Waals surface area contributed by atoms with Crippen LogP contribution in [-0.4, -0.2) is 24.4 Å². The summed E-state index contributed by atoms with van der Waals surface area (Å²) in [6.45, 7) is 8.33. The second kappa shape index (κ2) is 7.34. The third kappa shape index (κ3) is 4.47. The molecule has 2 amide bonds. The molecule has 0 radical (unpaired) electrons. The van der Waals surface area contributed by atoms with E-state index in [0.29, 0.717) is 6.54 Å². The lowest BCUT2D eigenvalue weighted by molar-refractivity contribution is -0.122. The van der Waals surface area contributed by atoms with Crippen molar-refractivity contribution in [3.05, 3.63) is 59.5 Å². The van der Waals surface area contributed by atoms with Gasteiger partial charge in [-0.15, -0.1) is 0 Å². The first-order valence-corrected chi connectivity index (χ1v) is 7.99. The van der Waals surface area contributed by atoms with Crippen LogP contribution in [0.25, 0.3) is 0 Å². The monoisotopic (exact) mass is 328 g/mol. The summed E-state index contributed by atoms with van der Waals surface area (Å²) in [7, 11) is 0. The summed E-state index contributed by atoms with van der Waals surface area (Å²) in [5.41, 5.74) is 2.15. The van der Waals surface area contributed by atoms with Crippen LogP contribution >= 0.6 is 0 Å². The van der Waals surface area contributed by atoms with E-state index in [4.69, 9.17) is 4.42 Å². The van der Waals surface area contributed by atoms with Crippen molar-refractivity contribution in [2.24, 2.45) is 0 Å². The molecule has 2 N–H and O–H groups in total. The van der Waals surface area contributed by atoms with Crippen molar-refractivity contribution in [1.29, 1.82) is 0 Å². The molecule has 1 heterocycles. The highest BCUT2D eigenvalue weighted by molar-refractivity contribution is 5.95. The standard InChI is InChI=1S/C19H24N2O3/c1-13-7-5-8-15(11-13)19(3,4)12-20-17(22)14(2)21-18(23)16-9-6-10-24-16/h5-11,14H,12H2,1-4H3,(H,20,22)(H,21,23)/t14-/m0/s1. The van der Waals surface area contributed by atoms with Gasteiger partial charge in [-0.25, -0.2) is 0 Å². The highest BCUT2D eigenvalue weighted by atomic mass is 16.3. The molecule has 0 fully saturated rings. The van der Waals surface area contributed by atoms with Gasteiger partial charge >= 0.3 is 0 Å². The Labute approximate surface area is 142 Å². The van der Waals surface area contributed by atoms with Crippen molar-refractivity contribution in [3.8, 4) is 0 Å². The van der Waals surface area contributed by atoms with Gasteiger partial charge in [0, 0.05) is 12.0 Å². The van der Waals surface area contributed by atoms with E-state index in [1.54, 1.807) is 19.1 Å². The molecule has 0 aliphatic rings. The smallest absolute Gasteiger partial charge is 0.287 e. The summed E-state index contributed by atoms with van der Waals surface area (Å²) in [5.74, 6) is -0.439. The molecule has 5 nitrogen and oxygen atoms in total. The molecule has 2 rings (SSSR count). The van der Waals surface area contributed by atoms with Gasteiger partial charge in [0.1, 0.15) is 6.04 Å². The first-order chi connectivity index (χ1) is 11.3. The number of carbonyl (C=O) groups is 2. The van der Waals surface area contributed by atoms with Gasteiger partial charge in [0.25, 0.3) is 5.91 Å².